The summed E-state index contributed by atoms with van der Waals surface area (Å²) in [6.07, 6.45) is 4.94. The highest BCUT2D eigenvalue weighted by atomic mass is 16.5. The Hall–Kier alpha value is -4.13. The molecule has 2 aliphatic heterocycles. The third-order valence-electron chi connectivity index (χ3n) is 6.43. The summed E-state index contributed by atoms with van der Waals surface area (Å²) in [5.74, 6) is -0.164. The molecule has 5 rings (SSSR count). The van der Waals surface area contributed by atoms with E-state index in [1.54, 1.807) is 30.6 Å². The molecule has 1 aromatic heterocycles. The largest absolute Gasteiger partial charge is 0.507 e. The fourth-order valence-corrected chi connectivity index (χ4v) is 4.80. The van der Waals surface area contributed by atoms with Crippen molar-refractivity contribution >= 4 is 17.4 Å². The van der Waals surface area contributed by atoms with Crippen molar-refractivity contribution in [2.24, 2.45) is 0 Å². The second kappa shape index (κ2) is 9.85. The van der Waals surface area contributed by atoms with Crippen LogP contribution < -0.4 is 9.47 Å². The van der Waals surface area contributed by atoms with Crippen LogP contribution in [0.15, 0.2) is 72.6 Å². The summed E-state index contributed by atoms with van der Waals surface area (Å²) in [5.41, 5.74) is 2.97. The van der Waals surface area contributed by atoms with Gasteiger partial charge in [-0.25, -0.2) is 0 Å². The molecule has 184 valence electrons. The van der Waals surface area contributed by atoms with Crippen LogP contribution in [0.2, 0.25) is 0 Å². The summed E-state index contributed by atoms with van der Waals surface area (Å²) >= 11 is 0. The zero-order chi connectivity index (χ0) is 25.2. The van der Waals surface area contributed by atoms with Crippen molar-refractivity contribution in [1.82, 2.24) is 9.88 Å². The minimum Gasteiger partial charge on any atom is -0.507 e. The Morgan fingerprint density at radius 1 is 1.17 bits per heavy atom. The van der Waals surface area contributed by atoms with Gasteiger partial charge in [-0.2, -0.15) is 0 Å². The molecule has 3 heterocycles. The molecule has 0 saturated carbocycles. The van der Waals surface area contributed by atoms with Crippen LogP contribution in [0, 0.1) is 0 Å². The van der Waals surface area contributed by atoms with Crippen LogP contribution in [-0.4, -0.2) is 39.4 Å². The topological polar surface area (TPSA) is 89.0 Å². The minimum atomic E-state index is -0.779. The van der Waals surface area contributed by atoms with Gasteiger partial charge >= 0.3 is 0 Å². The highest BCUT2D eigenvalue weighted by Gasteiger charge is 2.46. The molecule has 0 radical (unpaired) electrons. The van der Waals surface area contributed by atoms with Gasteiger partial charge in [0.15, 0.2) is 0 Å². The van der Waals surface area contributed by atoms with Crippen molar-refractivity contribution in [2.45, 2.75) is 45.4 Å². The van der Waals surface area contributed by atoms with E-state index in [0.29, 0.717) is 29.9 Å². The lowest BCUT2D eigenvalue weighted by atomic mass is 9.94. The number of hydrogen-bond donors (Lipinski definition) is 1. The number of aliphatic hydroxyl groups is 1. The minimum absolute atomic E-state index is 0.0494. The molecule has 1 N–H and O–H groups in total. The number of fused-ring (bicyclic) bond motifs is 1. The lowest BCUT2D eigenvalue weighted by Gasteiger charge is -2.25. The summed E-state index contributed by atoms with van der Waals surface area (Å²) in [4.78, 5) is 32.3. The van der Waals surface area contributed by atoms with Crippen molar-refractivity contribution in [3.63, 3.8) is 0 Å². The van der Waals surface area contributed by atoms with Crippen LogP contribution in [0.4, 0.5) is 0 Å². The summed E-state index contributed by atoms with van der Waals surface area (Å²) in [6, 6.07) is 15.6. The molecule has 1 amide bonds. The molecule has 0 spiro atoms. The number of rotatable bonds is 7. The molecule has 36 heavy (non-hydrogen) atoms. The van der Waals surface area contributed by atoms with Crippen LogP contribution in [-0.2, 0) is 22.6 Å². The van der Waals surface area contributed by atoms with Crippen molar-refractivity contribution < 1.29 is 24.2 Å². The number of amides is 1. The molecule has 7 nitrogen and oxygen atoms in total. The van der Waals surface area contributed by atoms with E-state index >= 15 is 0 Å². The van der Waals surface area contributed by atoms with Gasteiger partial charge in [0.2, 0.25) is 0 Å². The zero-order valence-corrected chi connectivity index (χ0v) is 20.3. The molecule has 2 aromatic carbocycles. The van der Waals surface area contributed by atoms with Crippen LogP contribution in [0.5, 0.6) is 11.5 Å². The van der Waals surface area contributed by atoms with Crippen LogP contribution in [0.3, 0.4) is 0 Å². The van der Waals surface area contributed by atoms with Gasteiger partial charge in [-0.1, -0.05) is 25.1 Å². The van der Waals surface area contributed by atoms with E-state index in [0.717, 1.165) is 23.3 Å². The first-order valence-electron chi connectivity index (χ1n) is 12.2. The summed E-state index contributed by atoms with van der Waals surface area (Å²) in [5, 5.41) is 11.4. The number of nitrogens with zero attached hydrogens (tertiary/aromatic N) is 2. The third-order valence-corrected chi connectivity index (χ3v) is 6.43. The number of carbonyl (C=O) groups is 2. The number of benzene rings is 2. The molecule has 2 atom stereocenters. The van der Waals surface area contributed by atoms with Crippen molar-refractivity contribution in [1.29, 1.82) is 0 Å². The predicted octanol–water partition coefficient (Wildman–Crippen LogP) is 4.82. The number of ketones is 1. The maximum atomic E-state index is 13.4. The molecule has 0 unspecified atom stereocenters. The average Bonchev–Trinajstić information content (AvgIpc) is 3.39. The molecular weight excluding hydrogens is 456 g/mol. The molecule has 2 aliphatic rings. The van der Waals surface area contributed by atoms with Gasteiger partial charge < -0.3 is 19.5 Å². The van der Waals surface area contributed by atoms with E-state index in [2.05, 4.69) is 4.98 Å². The van der Waals surface area contributed by atoms with E-state index in [-0.39, 0.29) is 24.0 Å². The molecule has 1 fully saturated rings. The van der Waals surface area contributed by atoms with Crippen molar-refractivity contribution in [3.05, 3.63) is 94.8 Å². The fraction of sp³-hybridized carbons (Fsp3) is 0.276. The lowest BCUT2D eigenvalue weighted by Crippen LogP contribution is -2.29. The monoisotopic (exact) mass is 484 g/mol. The van der Waals surface area contributed by atoms with Gasteiger partial charge in [-0.3, -0.25) is 14.6 Å². The number of aliphatic hydroxyl groups excluding tert-OH is 1. The Labute approximate surface area is 210 Å². The number of ether oxygens (including phenoxy) is 2. The first-order chi connectivity index (χ1) is 17.5. The molecule has 1 saturated heterocycles. The van der Waals surface area contributed by atoms with E-state index in [9.17, 15) is 14.7 Å². The van der Waals surface area contributed by atoms with E-state index in [1.807, 2.05) is 50.2 Å². The number of pyridine rings is 1. The Balaban J connectivity index is 1.61. The first-order valence-corrected chi connectivity index (χ1v) is 12.2. The Morgan fingerprint density at radius 2 is 2.03 bits per heavy atom. The number of Topliss-reactive ketones (excluding diaryl/α,β-unsaturated/α-hetero) is 1. The Morgan fingerprint density at radius 3 is 2.81 bits per heavy atom. The van der Waals surface area contributed by atoms with Crippen molar-refractivity contribution in [2.75, 3.05) is 6.61 Å². The summed E-state index contributed by atoms with van der Waals surface area (Å²) < 4.78 is 11.6. The van der Waals surface area contributed by atoms with E-state index < -0.39 is 17.7 Å². The second-order valence-corrected chi connectivity index (χ2v) is 9.16. The van der Waals surface area contributed by atoms with Gasteiger partial charge in [0.25, 0.3) is 11.7 Å². The maximum absolute atomic E-state index is 13.4. The van der Waals surface area contributed by atoms with Crippen LogP contribution in [0.1, 0.15) is 48.6 Å². The molecule has 3 aromatic rings. The van der Waals surface area contributed by atoms with E-state index in [4.69, 9.17) is 9.47 Å². The van der Waals surface area contributed by atoms with Crippen LogP contribution in [0.25, 0.3) is 5.76 Å². The molecule has 0 aliphatic carbocycles. The summed E-state index contributed by atoms with van der Waals surface area (Å²) in [6.45, 7) is 4.73. The SMILES string of the molecule is CCCOc1cccc([C@@H]2C(=C(O)c3ccc4c(c3)C[C@H](C)O4)C(=O)C(=O)N2Cc2cccnc2)c1. The smallest absolute Gasteiger partial charge is 0.295 e. The Bertz CT molecular complexity index is 1330. The van der Waals surface area contributed by atoms with Gasteiger partial charge in [0.1, 0.15) is 23.4 Å². The standard InChI is InChI=1S/C29H28N2O5/c1-3-12-35-23-8-4-7-20(15-23)26-25(27(32)21-9-10-24-22(14-21)13-18(2)36-24)28(33)29(34)31(26)17-19-6-5-11-30-16-19/h4-11,14-16,18,26,32H,3,12-13,17H2,1-2H3/t18-,26+/m0/s1. The molecule has 0 bridgehead atoms. The zero-order valence-electron chi connectivity index (χ0n) is 20.3. The number of carbonyl (C=O) groups excluding carboxylic acids is 2. The highest BCUT2D eigenvalue weighted by molar-refractivity contribution is 6.46. The first kappa shape index (κ1) is 23.6. The number of likely N-dealkylation sites (tertiary alicyclic amines) is 1. The van der Waals surface area contributed by atoms with Crippen LogP contribution >= 0.6 is 0 Å². The van der Waals surface area contributed by atoms with Gasteiger partial charge in [0, 0.05) is 30.9 Å². The van der Waals surface area contributed by atoms with Gasteiger partial charge in [-0.05, 0) is 66.4 Å². The van der Waals surface area contributed by atoms with Gasteiger partial charge in [0.05, 0.1) is 18.2 Å². The van der Waals surface area contributed by atoms with Crippen molar-refractivity contribution in [3.8, 4) is 11.5 Å². The number of hydrogen-bond acceptors (Lipinski definition) is 6. The lowest BCUT2D eigenvalue weighted by molar-refractivity contribution is -0.140. The molecule has 7 heteroatoms. The highest BCUT2D eigenvalue weighted by Crippen LogP contribution is 2.42. The Kier molecular flexibility index (Phi) is 6.46. The predicted molar refractivity (Wildman–Crippen MR) is 135 cm³/mol. The number of aromatic nitrogens is 1. The average molecular weight is 485 g/mol. The van der Waals surface area contributed by atoms with E-state index in [1.165, 1.54) is 4.90 Å². The quantitative estimate of drug-likeness (QED) is 0.294. The normalized spacial score (nSPS) is 20.3. The fourth-order valence-electron chi connectivity index (χ4n) is 4.80. The molecular formula is C29H28N2O5. The second-order valence-electron chi connectivity index (χ2n) is 9.16. The van der Waals surface area contributed by atoms with Gasteiger partial charge in [-0.15, -0.1) is 0 Å². The third kappa shape index (κ3) is 4.44. The maximum Gasteiger partial charge on any atom is 0.295 e. The summed E-state index contributed by atoms with van der Waals surface area (Å²) in [7, 11) is 0.